The molecule has 2 aromatic carbocycles. The van der Waals surface area contributed by atoms with E-state index in [9.17, 15) is 0 Å². The zero-order valence-corrected chi connectivity index (χ0v) is 24.6. The molecule has 0 amide bonds. The van der Waals surface area contributed by atoms with Gasteiger partial charge in [-0.1, -0.05) is 37.8 Å². The van der Waals surface area contributed by atoms with Crippen LogP contribution < -0.4 is 11.3 Å². The van der Waals surface area contributed by atoms with E-state index in [4.69, 9.17) is 15.6 Å². The highest BCUT2D eigenvalue weighted by atomic mass is 79.9. The van der Waals surface area contributed by atoms with E-state index in [1.54, 1.807) is 7.11 Å². The van der Waals surface area contributed by atoms with Crippen LogP contribution in [0, 0.1) is 0 Å². The molecule has 0 aliphatic carbocycles. The number of hydrogen-bond acceptors (Lipinski definition) is 5. The lowest BCUT2D eigenvalue weighted by atomic mass is 9.98. The third-order valence-electron chi connectivity index (χ3n) is 6.80. The molecule has 1 aromatic heterocycles. The van der Waals surface area contributed by atoms with Gasteiger partial charge in [0.15, 0.2) is 0 Å². The number of nitrogen functional groups attached to an aromatic ring is 1. The Labute approximate surface area is 227 Å². The van der Waals surface area contributed by atoms with Gasteiger partial charge in [0, 0.05) is 34.9 Å². The molecule has 1 saturated heterocycles. The third-order valence-corrected chi connectivity index (χ3v) is 8.52. The molecule has 3 aromatic rings. The van der Waals surface area contributed by atoms with E-state index in [1.165, 1.54) is 37.0 Å². The Bertz CT molecular complexity index is 1190. The lowest BCUT2D eigenvalue weighted by molar-refractivity contribution is 0.325. The fourth-order valence-corrected chi connectivity index (χ4v) is 6.29. The first kappa shape index (κ1) is 26.8. The van der Waals surface area contributed by atoms with Crippen LogP contribution in [0.5, 0.6) is 0 Å². The van der Waals surface area contributed by atoms with Gasteiger partial charge in [-0.25, -0.2) is 4.98 Å². The van der Waals surface area contributed by atoms with Gasteiger partial charge in [0.2, 0.25) is 0 Å². The highest BCUT2D eigenvalue weighted by molar-refractivity contribution is 9.10. The van der Waals surface area contributed by atoms with E-state index in [1.807, 2.05) is 0 Å². The van der Waals surface area contributed by atoms with Crippen molar-refractivity contribution >= 4 is 62.9 Å². The minimum atomic E-state index is 0.249. The second-order valence-electron chi connectivity index (χ2n) is 9.26. The number of aryl methyl sites for hydroxylation is 1. The number of hydrazine groups is 1. The first-order chi connectivity index (χ1) is 16.9. The number of imidazole rings is 1. The summed E-state index contributed by atoms with van der Waals surface area (Å²) >= 11 is 7.27. The number of hydrogen-bond donors (Lipinski definition) is 2. The summed E-state index contributed by atoms with van der Waals surface area (Å²) in [6.07, 6.45) is 4.66. The first-order valence-electron chi connectivity index (χ1n) is 12.1. The van der Waals surface area contributed by atoms with Gasteiger partial charge in [0.05, 0.1) is 16.7 Å². The Kier molecular flexibility index (Phi) is 9.41. The highest BCUT2D eigenvalue weighted by Crippen LogP contribution is 2.32. The van der Waals surface area contributed by atoms with Gasteiger partial charge in [0.25, 0.3) is 0 Å². The Balaban J connectivity index is 1.64. The molecule has 3 N–H and O–H groups in total. The molecule has 0 radical (unpaired) electrons. The number of likely N-dealkylation sites (tertiary alicyclic amines) is 1. The second-order valence-corrected chi connectivity index (χ2v) is 11.1. The molecule has 0 saturated carbocycles. The van der Waals surface area contributed by atoms with Gasteiger partial charge in [0.1, 0.15) is 11.3 Å². The maximum absolute atomic E-state index is 5.74. The maximum atomic E-state index is 5.74. The SMILES string of the molecule is COC(=P)c1ccc2c(c1)nc([C@H](C)Cc1cc(Br)c(NN)c(CBr)c1)n2CCCN1CCCC1. The van der Waals surface area contributed by atoms with Gasteiger partial charge in [-0.3, -0.25) is 5.84 Å². The minimum absolute atomic E-state index is 0.249. The average Bonchev–Trinajstić information content (AvgIpc) is 3.51. The summed E-state index contributed by atoms with van der Waals surface area (Å²) in [5, 5.41) is 0.732. The van der Waals surface area contributed by atoms with Crippen molar-refractivity contribution in [3.05, 3.63) is 57.3 Å². The van der Waals surface area contributed by atoms with Crippen molar-refractivity contribution in [2.24, 2.45) is 5.84 Å². The Morgan fingerprint density at radius 1 is 1.23 bits per heavy atom. The fraction of sp³-hybridized carbons (Fsp3) is 0.462. The van der Waals surface area contributed by atoms with Crippen molar-refractivity contribution in [2.75, 3.05) is 32.2 Å². The van der Waals surface area contributed by atoms with Gasteiger partial charge in [-0.15, -0.1) is 0 Å². The number of methoxy groups -OCH3 is 1. The lowest BCUT2D eigenvalue weighted by Gasteiger charge is -2.19. The quantitative estimate of drug-likeness (QED) is 0.117. The van der Waals surface area contributed by atoms with Crippen LogP contribution in [0.1, 0.15) is 54.6 Å². The summed E-state index contributed by atoms with van der Waals surface area (Å²) in [7, 11) is 5.24. The first-order valence-corrected chi connectivity index (χ1v) is 14.6. The van der Waals surface area contributed by atoms with Crippen molar-refractivity contribution < 1.29 is 4.74 Å². The van der Waals surface area contributed by atoms with Gasteiger partial charge < -0.3 is 19.6 Å². The zero-order valence-electron chi connectivity index (χ0n) is 20.4. The van der Waals surface area contributed by atoms with Crippen molar-refractivity contribution in [1.29, 1.82) is 0 Å². The van der Waals surface area contributed by atoms with Crippen LogP contribution in [0.4, 0.5) is 5.69 Å². The molecule has 6 nitrogen and oxygen atoms in total. The number of anilines is 1. The van der Waals surface area contributed by atoms with E-state index < -0.39 is 0 Å². The molecule has 2 heterocycles. The number of alkyl halides is 1. The number of ether oxygens (including phenoxy) is 1. The molecule has 4 rings (SSSR count). The third kappa shape index (κ3) is 6.17. The van der Waals surface area contributed by atoms with E-state index in [-0.39, 0.29) is 5.92 Å². The Morgan fingerprint density at radius 2 is 2.00 bits per heavy atom. The number of rotatable bonds is 11. The highest BCUT2D eigenvalue weighted by Gasteiger charge is 2.20. The van der Waals surface area contributed by atoms with Crippen LogP contribution in [-0.4, -0.2) is 46.7 Å². The number of nitrogens with two attached hydrogens (primary N) is 1. The van der Waals surface area contributed by atoms with Crippen molar-refractivity contribution in [3.63, 3.8) is 0 Å². The summed E-state index contributed by atoms with van der Waals surface area (Å²) in [6.45, 7) is 6.84. The van der Waals surface area contributed by atoms with Crippen molar-refractivity contribution in [1.82, 2.24) is 14.5 Å². The molecule has 35 heavy (non-hydrogen) atoms. The van der Waals surface area contributed by atoms with E-state index in [0.29, 0.717) is 5.48 Å². The van der Waals surface area contributed by atoms with E-state index in [0.717, 1.165) is 63.9 Å². The second kappa shape index (κ2) is 12.3. The van der Waals surface area contributed by atoms with E-state index in [2.05, 4.69) is 92.9 Å². The van der Waals surface area contributed by atoms with E-state index >= 15 is 0 Å². The maximum Gasteiger partial charge on any atom is 0.113 e. The molecule has 1 atom stereocenters. The largest absolute Gasteiger partial charge is 0.345 e. The van der Waals surface area contributed by atoms with Gasteiger partial charge in [-0.2, -0.15) is 0 Å². The Hall–Kier alpha value is -1.28. The zero-order chi connectivity index (χ0) is 24.9. The predicted octanol–water partition coefficient (Wildman–Crippen LogP) is 6.08. The molecular formula is C26H34Br2N5OP. The molecule has 1 fully saturated rings. The summed E-state index contributed by atoms with van der Waals surface area (Å²) < 4.78 is 8.79. The number of nitrogens with zero attached hydrogens (tertiary/aromatic N) is 3. The fourth-order valence-electron chi connectivity index (χ4n) is 5.03. The number of nitrogens with one attached hydrogen (secondary N) is 1. The Morgan fingerprint density at radius 3 is 2.69 bits per heavy atom. The van der Waals surface area contributed by atoms with Crippen LogP contribution in [0.3, 0.4) is 0 Å². The molecule has 0 spiro atoms. The molecule has 9 heteroatoms. The summed E-state index contributed by atoms with van der Waals surface area (Å²) in [5.41, 5.74) is 10.00. The van der Waals surface area contributed by atoms with Crippen LogP contribution in [-0.2, 0) is 23.0 Å². The van der Waals surface area contributed by atoms with Crippen LogP contribution in [0.2, 0.25) is 0 Å². The minimum Gasteiger partial charge on any atom is -0.345 e. The summed E-state index contributed by atoms with van der Waals surface area (Å²) in [6, 6.07) is 10.7. The van der Waals surface area contributed by atoms with Crippen LogP contribution in [0.15, 0.2) is 34.8 Å². The standard InChI is InChI=1S/C26H34Br2N5OP/c1-17(12-18-13-20(16-27)24(31-29)21(28)14-18)25-30-22-15-19(26(35)34-2)6-7-23(22)33(25)11-5-10-32-8-3-4-9-32/h6-7,13-15,17,31,35H,3-5,8-12,16,29H2,1-2H3/t17-/m1/s1. The average molecular weight is 623 g/mol. The lowest BCUT2D eigenvalue weighted by Crippen LogP contribution is -2.22. The van der Waals surface area contributed by atoms with Crippen molar-refractivity contribution in [2.45, 2.75) is 50.4 Å². The number of fused-ring (bicyclic) bond motifs is 1. The number of halogens is 2. The smallest absolute Gasteiger partial charge is 0.113 e. The molecule has 0 bridgehead atoms. The van der Waals surface area contributed by atoms with Gasteiger partial charge >= 0.3 is 0 Å². The summed E-state index contributed by atoms with van der Waals surface area (Å²) in [4.78, 5) is 7.72. The monoisotopic (exact) mass is 621 g/mol. The molecule has 0 unspecified atom stereocenters. The topological polar surface area (TPSA) is 68.3 Å². The van der Waals surface area contributed by atoms with Crippen molar-refractivity contribution in [3.8, 4) is 0 Å². The molecule has 1 aliphatic rings. The molecular weight excluding hydrogens is 589 g/mol. The van der Waals surface area contributed by atoms with Gasteiger partial charge in [-0.05, 0) is 96.6 Å². The normalized spacial score (nSPS) is 15.1. The summed E-state index contributed by atoms with van der Waals surface area (Å²) in [5.74, 6) is 7.11. The predicted molar refractivity (Wildman–Crippen MR) is 156 cm³/mol. The number of benzene rings is 2. The molecule has 188 valence electrons. The van der Waals surface area contributed by atoms with Crippen LogP contribution >= 0.6 is 40.7 Å². The van der Waals surface area contributed by atoms with Crippen LogP contribution in [0.25, 0.3) is 11.0 Å². The molecule has 1 aliphatic heterocycles. The number of aromatic nitrogens is 2.